The molecule has 0 spiro atoms. The van der Waals surface area contributed by atoms with Gasteiger partial charge >= 0.3 is 0 Å². The number of morpholine rings is 1. The Labute approximate surface area is 168 Å². The van der Waals surface area contributed by atoms with Crippen molar-refractivity contribution in [1.82, 2.24) is 25.0 Å². The van der Waals surface area contributed by atoms with E-state index < -0.39 is 0 Å². The summed E-state index contributed by atoms with van der Waals surface area (Å²) in [5, 5.41) is 8.28. The van der Waals surface area contributed by atoms with Gasteiger partial charge in [-0.3, -0.25) is 14.4 Å². The lowest BCUT2D eigenvalue weighted by atomic mass is 10.0. The lowest BCUT2D eigenvalue weighted by Crippen LogP contribution is -2.38. The summed E-state index contributed by atoms with van der Waals surface area (Å²) in [6.07, 6.45) is 5.55. The highest BCUT2D eigenvalue weighted by Crippen LogP contribution is 2.37. The Kier molecular flexibility index (Phi) is 5.43. The minimum absolute atomic E-state index is 0.0546. The highest BCUT2D eigenvalue weighted by atomic mass is 32.1. The predicted octanol–water partition coefficient (Wildman–Crippen LogP) is 2.74. The number of ether oxygens (including phenoxy) is 1. The molecule has 7 nitrogen and oxygen atoms in total. The molecule has 4 rings (SSSR count). The summed E-state index contributed by atoms with van der Waals surface area (Å²) in [6, 6.07) is 4.02. The first-order valence-corrected chi connectivity index (χ1v) is 10.3. The first-order valence-electron chi connectivity index (χ1n) is 9.51. The Bertz CT molecular complexity index is 980. The molecule has 3 aromatic heterocycles. The molecule has 0 aromatic carbocycles. The molecule has 1 amide bonds. The second-order valence-corrected chi connectivity index (χ2v) is 8.45. The van der Waals surface area contributed by atoms with Crippen LogP contribution in [0.2, 0.25) is 0 Å². The van der Waals surface area contributed by atoms with E-state index in [-0.39, 0.29) is 18.1 Å². The molecule has 0 saturated carbocycles. The number of hydrogen-bond donors (Lipinski definition) is 1. The van der Waals surface area contributed by atoms with Crippen molar-refractivity contribution >= 4 is 27.5 Å². The molecule has 1 aliphatic rings. The Morgan fingerprint density at radius 1 is 1.46 bits per heavy atom. The topological polar surface area (TPSA) is 72.3 Å². The van der Waals surface area contributed by atoms with Gasteiger partial charge < -0.3 is 10.1 Å². The lowest BCUT2D eigenvalue weighted by Gasteiger charge is -2.33. The van der Waals surface area contributed by atoms with Gasteiger partial charge in [-0.05, 0) is 19.9 Å². The van der Waals surface area contributed by atoms with Crippen molar-refractivity contribution in [3.63, 3.8) is 0 Å². The lowest BCUT2D eigenvalue weighted by molar-refractivity contribution is -0.0323. The molecule has 1 atom stereocenters. The fourth-order valence-electron chi connectivity index (χ4n) is 3.60. The fraction of sp³-hybridized carbons (Fsp3) is 0.450. The molecular weight excluding hydrogens is 374 g/mol. The van der Waals surface area contributed by atoms with Crippen LogP contribution >= 0.6 is 11.3 Å². The van der Waals surface area contributed by atoms with Gasteiger partial charge in [0.2, 0.25) is 0 Å². The van der Waals surface area contributed by atoms with Crippen LogP contribution in [0, 0.1) is 0 Å². The number of nitrogens with one attached hydrogen (secondary N) is 1. The number of rotatable bonds is 5. The van der Waals surface area contributed by atoms with Gasteiger partial charge in [0.05, 0.1) is 18.9 Å². The van der Waals surface area contributed by atoms with Crippen molar-refractivity contribution < 1.29 is 9.53 Å². The Balaban J connectivity index is 1.64. The minimum atomic E-state index is -0.156. The van der Waals surface area contributed by atoms with Gasteiger partial charge in [-0.1, -0.05) is 6.07 Å². The van der Waals surface area contributed by atoms with Crippen LogP contribution in [0.1, 0.15) is 40.8 Å². The Morgan fingerprint density at radius 3 is 3.07 bits per heavy atom. The Morgan fingerprint density at radius 2 is 2.32 bits per heavy atom. The largest absolute Gasteiger partial charge is 0.371 e. The van der Waals surface area contributed by atoms with Crippen LogP contribution in [-0.2, 0) is 18.3 Å². The summed E-state index contributed by atoms with van der Waals surface area (Å²) >= 11 is 1.44. The van der Waals surface area contributed by atoms with Crippen LogP contribution in [0.15, 0.2) is 30.7 Å². The summed E-state index contributed by atoms with van der Waals surface area (Å²) in [5.41, 5.74) is 2.14. The number of hydrogen-bond acceptors (Lipinski definition) is 6. The summed E-state index contributed by atoms with van der Waals surface area (Å²) in [7, 11) is 1.93. The summed E-state index contributed by atoms with van der Waals surface area (Å²) < 4.78 is 7.95. The number of amides is 1. The molecule has 1 aliphatic heterocycles. The van der Waals surface area contributed by atoms with Gasteiger partial charge in [-0.25, -0.2) is 4.98 Å². The normalized spacial score (nSPS) is 18.1. The standard InChI is InChI=1S/C20H25N5O2S/c1-13(2)23-19(26)18-17(15-5-4-6-21-20(15)28-18)16-12-25(7-8-27-16)11-14-9-22-24(3)10-14/h4-6,9-10,13,16H,7-8,11-12H2,1-3H3,(H,23,26)/t16-/m1/s1. The van der Waals surface area contributed by atoms with Crippen LogP contribution in [0.4, 0.5) is 0 Å². The zero-order valence-electron chi connectivity index (χ0n) is 16.4. The van der Waals surface area contributed by atoms with Crippen molar-refractivity contribution in [2.45, 2.75) is 32.5 Å². The number of fused-ring (bicyclic) bond motifs is 1. The first kappa shape index (κ1) is 19.0. The SMILES string of the molecule is CC(C)NC(=O)c1sc2ncccc2c1[C@H]1CN(Cc2cnn(C)c2)CCO1. The van der Waals surface area contributed by atoms with Crippen LogP contribution in [-0.4, -0.2) is 51.3 Å². The quantitative estimate of drug-likeness (QED) is 0.714. The third kappa shape index (κ3) is 3.94. The van der Waals surface area contributed by atoms with Crippen LogP contribution in [0.5, 0.6) is 0 Å². The molecule has 1 saturated heterocycles. The van der Waals surface area contributed by atoms with Crippen molar-refractivity contribution in [3.8, 4) is 0 Å². The first-order chi connectivity index (χ1) is 13.5. The van der Waals surface area contributed by atoms with Crippen molar-refractivity contribution in [2.24, 2.45) is 7.05 Å². The molecule has 0 radical (unpaired) electrons. The van der Waals surface area contributed by atoms with E-state index in [2.05, 4.69) is 20.3 Å². The van der Waals surface area contributed by atoms with Crippen LogP contribution in [0.3, 0.4) is 0 Å². The zero-order chi connectivity index (χ0) is 19.7. The predicted molar refractivity (Wildman–Crippen MR) is 109 cm³/mol. The number of thiophene rings is 1. The molecule has 0 aliphatic carbocycles. The zero-order valence-corrected chi connectivity index (χ0v) is 17.2. The average Bonchev–Trinajstić information content (AvgIpc) is 3.24. The summed E-state index contributed by atoms with van der Waals surface area (Å²) in [5.74, 6) is -0.0546. The monoisotopic (exact) mass is 399 g/mol. The highest BCUT2D eigenvalue weighted by molar-refractivity contribution is 7.20. The number of aromatic nitrogens is 3. The van der Waals surface area contributed by atoms with Gasteiger partial charge in [0.1, 0.15) is 9.71 Å². The number of carbonyl (C=O) groups excluding carboxylic acids is 1. The fourth-order valence-corrected chi connectivity index (χ4v) is 4.70. The Hall–Kier alpha value is -2.29. The van der Waals surface area contributed by atoms with E-state index in [9.17, 15) is 4.79 Å². The van der Waals surface area contributed by atoms with Gasteiger partial charge in [0.25, 0.3) is 5.91 Å². The van der Waals surface area contributed by atoms with Crippen molar-refractivity contribution in [3.05, 3.63) is 46.7 Å². The van der Waals surface area contributed by atoms with Gasteiger partial charge in [-0.2, -0.15) is 5.10 Å². The van der Waals surface area contributed by atoms with Gasteiger partial charge in [0, 0.05) is 61.6 Å². The molecule has 4 heterocycles. The second kappa shape index (κ2) is 7.98. The molecular formula is C20H25N5O2S. The number of nitrogens with zero attached hydrogens (tertiary/aromatic N) is 4. The smallest absolute Gasteiger partial charge is 0.262 e. The molecule has 3 aromatic rings. The van der Waals surface area contributed by atoms with E-state index in [0.717, 1.165) is 35.4 Å². The van der Waals surface area contributed by atoms with Crippen molar-refractivity contribution in [2.75, 3.05) is 19.7 Å². The van der Waals surface area contributed by atoms with E-state index in [0.29, 0.717) is 11.5 Å². The minimum Gasteiger partial charge on any atom is -0.371 e. The maximum atomic E-state index is 12.9. The van der Waals surface area contributed by atoms with E-state index in [4.69, 9.17) is 4.74 Å². The second-order valence-electron chi connectivity index (χ2n) is 7.45. The average molecular weight is 400 g/mol. The van der Waals surface area contributed by atoms with E-state index in [1.54, 1.807) is 6.20 Å². The van der Waals surface area contributed by atoms with E-state index in [1.807, 2.05) is 50.1 Å². The van der Waals surface area contributed by atoms with Gasteiger partial charge in [0.15, 0.2) is 0 Å². The molecule has 8 heteroatoms. The summed E-state index contributed by atoms with van der Waals surface area (Å²) in [4.78, 5) is 21.3. The number of aryl methyl sites for hydroxylation is 1. The number of pyridine rings is 1. The highest BCUT2D eigenvalue weighted by Gasteiger charge is 2.30. The van der Waals surface area contributed by atoms with E-state index in [1.165, 1.54) is 16.9 Å². The van der Waals surface area contributed by atoms with Crippen LogP contribution in [0.25, 0.3) is 10.2 Å². The van der Waals surface area contributed by atoms with Crippen LogP contribution < -0.4 is 5.32 Å². The maximum Gasteiger partial charge on any atom is 0.262 e. The molecule has 1 fully saturated rings. The molecule has 0 bridgehead atoms. The van der Waals surface area contributed by atoms with Gasteiger partial charge in [-0.15, -0.1) is 11.3 Å². The molecule has 1 N–H and O–H groups in total. The maximum absolute atomic E-state index is 12.9. The third-order valence-corrected chi connectivity index (χ3v) is 5.90. The summed E-state index contributed by atoms with van der Waals surface area (Å²) in [6.45, 7) is 6.98. The van der Waals surface area contributed by atoms with Crippen molar-refractivity contribution in [1.29, 1.82) is 0 Å². The third-order valence-electron chi connectivity index (χ3n) is 4.77. The number of carbonyl (C=O) groups is 1. The molecule has 0 unspecified atom stereocenters. The molecule has 148 valence electrons. The van der Waals surface area contributed by atoms with E-state index >= 15 is 0 Å². The molecule has 28 heavy (non-hydrogen) atoms.